The number of unbranched alkanes of at least 4 members (excludes halogenated alkanes) is 7. The van der Waals surface area contributed by atoms with Gasteiger partial charge in [0.05, 0.1) is 0 Å². The highest BCUT2D eigenvalue weighted by atomic mass is 16.2. The number of hydrogen-bond acceptors (Lipinski definition) is 1. The van der Waals surface area contributed by atoms with Crippen LogP contribution in [0.15, 0.2) is 0 Å². The van der Waals surface area contributed by atoms with Crippen molar-refractivity contribution in [1.29, 1.82) is 0 Å². The van der Waals surface area contributed by atoms with Gasteiger partial charge in [0.1, 0.15) is 0 Å². The topological polar surface area (TPSA) is 29.1 Å². The van der Waals surface area contributed by atoms with E-state index in [0.717, 1.165) is 12.8 Å². The van der Waals surface area contributed by atoms with Crippen LogP contribution >= 0.6 is 0 Å². The molecule has 2 heteroatoms. The molecule has 0 saturated carbocycles. The number of nitrogens with one attached hydrogen (secondary N) is 1. The molecule has 0 fully saturated rings. The molecule has 2 nitrogen and oxygen atoms in total. The molecule has 126 valence electrons. The zero-order valence-electron chi connectivity index (χ0n) is 15.3. The first-order chi connectivity index (χ1) is 9.90. The molecule has 0 aliphatic carbocycles. The Bertz CT molecular complexity index is 255. The van der Waals surface area contributed by atoms with Crippen LogP contribution in [0, 0.1) is 5.92 Å². The summed E-state index contributed by atoms with van der Waals surface area (Å²) < 4.78 is 0. The van der Waals surface area contributed by atoms with Crippen molar-refractivity contribution in [3.63, 3.8) is 0 Å². The van der Waals surface area contributed by atoms with E-state index in [9.17, 15) is 4.79 Å². The summed E-state index contributed by atoms with van der Waals surface area (Å²) in [5, 5.41) is 3.17. The second-order valence-electron chi connectivity index (χ2n) is 7.49. The van der Waals surface area contributed by atoms with E-state index in [1.807, 2.05) is 0 Å². The first kappa shape index (κ1) is 20.5. The van der Waals surface area contributed by atoms with Crippen molar-refractivity contribution >= 4 is 5.91 Å². The van der Waals surface area contributed by atoms with E-state index in [0.29, 0.717) is 0 Å². The highest BCUT2D eigenvalue weighted by Gasteiger charge is 2.22. The fourth-order valence-corrected chi connectivity index (χ4v) is 2.69. The van der Waals surface area contributed by atoms with Crippen molar-refractivity contribution in [2.75, 3.05) is 0 Å². The van der Waals surface area contributed by atoms with Crippen LogP contribution in [-0.2, 0) is 4.79 Å². The molecule has 0 aliphatic rings. The van der Waals surface area contributed by atoms with E-state index in [-0.39, 0.29) is 17.4 Å². The van der Waals surface area contributed by atoms with Gasteiger partial charge in [0.25, 0.3) is 0 Å². The first-order valence-corrected chi connectivity index (χ1v) is 9.22. The average molecular weight is 298 g/mol. The van der Waals surface area contributed by atoms with E-state index < -0.39 is 0 Å². The summed E-state index contributed by atoms with van der Waals surface area (Å²) >= 11 is 0. The zero-order chi connectivity index (χ0) is 16.1. The Kier molecular flexibility index (Phi) is 11.8. The molecule has 0 radical (unpaired) electrons. The predicted molar refractivity (Wildman–Crippen MR) is 93.5 cm³/mol. The number of hydrogen-bond donors (Lipinski definition) is 1. The smallest absolute Gasteiger partial charge is 0.223 e. The monoisotopic (exact) mass is 297 g/mol. The van der Waals surface area contributed by atoms with Gasteiger partial charge in [-0.15, -0.1) is 0 Å². The van der Waals surface area contributed by atoms with Crippen LogP contribution < -0.4 is 5.32 Å². The van der Waals surface area contributed by atoms with Crippen molar-refractivity contribution < 1.29 is 4.79 Å². The Labute approximate surface area is 133 Å². The van der Waals surface area contributed by atoms with Gasteiger partial charge in [-0.25, -0.2) is 0 Å². The van der Waals surface area contributed by atoms with Gasteiger partial charge in [0, 0.05) is 11.5 Å². The zero-order valence-corrected chi connectivity index (χ0v) is 15.3. The molecule has 0 aromatic carbocycles. The minimum atomic E-state index is -0.110. The van der Waals surface area contributed by atoms with Crippen LogP contribution in [0.4, 0.5) is 0 Å². The normalized spacial score (nSPS) is 13.2. The van der Waals surface area contributed by atoms with Crippen molar-refractivity contribution in [1.82, 2.24) is 5.32 Å². The molecule has 1 unspecified atom stereocenters. The maximum absolute atomic E-state index is 12.4. The summed E-state index contributed by atoms with van der Waals surface area (Å²) in [7, 11) is 0. The average Bonchev–Trinajstić information content (AvgIpc) is 2.38. The molecule has 0 saturated heterocycles. The summed E-state index contributed by atoms with van der Waals surface area (Å²) in [6.45, 7) is 10.7. The molecule has 21 heavy (non-hydrogen) atoms. The molecule has 0 spiro atoms. The molecule has 0 rings (SSSR count). The van der Waals surface area contributed by atoms with Crippen molar-refractivity contribution in [2.45, 2.75) is 111 Å². The number of rotatable bonds is 12. The second-order valence-corrected chi connectivity index (χ2v) is 7.49. The Morgan fingerprint density at radius 2 is 1.24 bits per heavy atom. The van der Waals surface area contributed by atoms with Gasteiger partial charge in [-0.3, -0.25) is 4.79 Å². The summed E-state index contributed by atoms with van der Waals surface area (Å²) in [4.78, 5) is 12.4. The SMILES string of the molecule is CCCCCCCC(CCCCCC)C(=O)NC(C)(C)C. The molecule has 0 aromatic rings. The molecular weight excluding hydrogens is 258 g/mol. The van der Waals surface area contributed by atoms with Crippen LogP contribution in [0.5, 0.6) is 0 Å². The van der Waals surface area contributed by atoms with E-state index in [1.165, 1.54) is 57.8 Å². The van der Waals surface area contributed by atoms with Gasteiger partial charge in [-0.2, -0.15) is 0 Å². The summed E-state index contributed by atoms with van der Waals surface area (Å²) in [5.41, 5.74) is -0.110. The molecule has 0 heterocycles. The quantitative estimate of drug-likeness (QED) is 0.450. The van der Waals surface area contributed by atoms with Crippen molar-refractivity contribution in [3.05, 3.63) is 0 Å². The lowest BCUT2D eigenvalue weighted by molar-refractivity contribution is -0.127. The summed E-state index contributed by atoms with van der Waals surface area (Å²) in [5.74, 6) is 0.497. The van der Waals surface area contributed by atoms with E-state index in [4.69, 9.17) is 0 Å². The summed E-state index contributed by atoms with van der Waals surface area (Å²) in [6.07, 6.45) is 13.6. The number of carbonyl (C=O) groups excluding carboxylic acids is 1. The third-order valence-corrected chi connectivity index (χ3v) is 3.93. The fourth-order valence-electron chi connectivity index (χ4n) is 2.69. The largest absolute Gasteiger partial charge is 0.351 e. The van der Waals surface area contributed by atoms with E-state index >= 15 is 0 Å². The van der Waals surface area contributed by atoms with Crippen molar-refractivity contribution in [2.24, 2.45) is 5.92 Å². The van der Waals surface area contributed by atoms with E-state index in [1.54, 1.807) is 0 Å². The van der Waals surface area contributed by atoms with Crippen LogP contribution in [0.3, 0.4) is 0 Å². The molecule has 1 atom stereocenters. The minimum absolute atomic E-state index is 0.110. The van der Waals surface area contributed by atoms with Crippen LogP contribution in [0.1, 0.15) is 105 Å². The van der Waals surface area contributed by atoms with Gasteiger partial charge < -0.3 is 5.32 Å². The minimum Gasteiger partial charge on any atom is -0.351 e. The molecule has 1 amide bonds. The predicted octanol–water partition coefficient (Wildman–Crippen LogP) is 5.85. The van der Waals surface area contributed by atoms with Crippen molar-refractivity contribution in [3.8, 4) is 0 Å². The summed E-state index contributed by atoms with van der Waals surface area (Å²) in [6, 6.07) is 0. The molecule has 0 aromatic heterocycles. The van der Waals surface area contributed by atoms with Crippen LogP contribution in [0.25, 0.3) is 0 Å². The second kappa shape index (κ2) is 12.1. The molecular formula is C19H39NO. The highest BCUT2D eigenvalue weighted by molar-refractivity contribution is 5.79. The Hall–Kier alpha value is -0.530. The highest BCUT2D eigenvalue weighted by Crippen LogP contribution is 2.20. The van der Waals surface area contributed by atoms with Gasteiger partial charge >= 0.3 is 0 Å². The Morgan fingerprint density at radius 1 is 0.810 bits per heavy atom. The van der Waals surface area contributed by atoms with Crippen LogP contribution in [-0.4, -0.2) is 11.4 Å². The van der Waals surface area contributed by atoms with Crippen LogP contribution in [0.2, 0.25) is 0 Å². The van der Waals surface area contributed by atoms with E-state index in [2.05, 4.69) is 39.9 Å². The van der Waals surface area contributed by atoms with Gasteiger partial charge in [0.2, 0.25) is 5.91 Å². The maximum atomic E-state index is 12.4. The fraction of sp³-hybridized carbons (Fsp3) is 0.947. The molecule has 1 N–H and O–H groups in total. The van der Waals surface area contributed by atoms with Gasteiger partial charge in [-0.05, 0) is 33.6 Å². The van der Waals surface area contributed by atoms with Gasteiger partial charge in [0.15, 0.2) is 0 Å². The lowest BCUT2D eigenvalue weighted by Gasteiger charge is -2.25. The maximum Gasteiger partial charge on any atom is 0.223 e. The third-order valence-electron chi connectivity index (χ3n) is 3.93. The number of amides is 1. The molecule has 0 aliphatic heterocycles. The van der Waals surface area contributed by atoms with Gasteiger partial charge in [-0.1, -0.05) is 71.6 Å². The molecule has 0 bridgehead atoms. The lowest BCUT2D eigenvalue weighted by Crippen LogP contribution is -2.43. The first-order valence-electron chi connectivity index (χ1n) is 9.22. The standard InChI is InChI=1S/C19H39NO/c1-6-8-10-12-14-16-17(15-13-11-9-7-2)18(21)20-19(3,4)5/h17H,6-16H2,1-5H3,(H,20,21). The number of carbonyl (C=O) groups is 1. The lowest BCUT2D eigenvalue weighted by atomic mass is 9.92. The Balaban J connectivity index is 4.16. The third kappa shape index (κ3) is 12.9. The Morgan fingerprint density at radius 3 is 1.67 bits per heavy atom.